The van der Waals surface area contributed by atoms with Gasteiger partial charge in [0.1, 0.15) is 11.4 Å². The molecule has 31 heavy (non-hydrogen) atoms. The number of fused-ring (bicyclic) bond motifs is 1. The van der Waals surface area contributed by atoms with Gasteiger partial charge in [-0.05, 0) is 51.8 Å². The number of anilines is 1. The molecule has 8 heteroatoms. The summed E-state index contributed by atoms with van der Waals surface area (Å²) in [5.74, 6) is 1.65. The number of benzene rings is 1. The molecule has 0 saturated heterocycles. The van der Waals surface area contributed by atoms with Gasteiger partial charge in [0.15, 0.2) is 5.96 Å². The Balaban J connectivity index is 1.96. The van der Waals surface area contributed by atoms with Gasteiger partial charge in [-0.1, -0.05) is 18.2 Å². The molecule has 0 saturated carbocycles. The normalized spacial score (nSPS) is 11.9. The fourth-order valence-corrected chi connectivity index (χ4v) is 2.90. The molecule has 2 rings (SSSR count). The van der Waals surface area contributed by atoms with Crippen LogP contribution in [0.4, 0.5) is 10.6 Å². The number of rotatable bonds is 8. The Kier molecular flexibility index (Phi) is 8.90. The molecule has 8 nitrogen and oxygen atoms in total. The van der Waals surface area contributed by atoms with Gasteiger partial charge >= 0.3 is 6.09 Å². The number of ether oxygens (including phenoxy) is 1. The summed E-state index contributed by atoms with van der Waals surface area (Å²) in [5, 5.41) is 10.5. The number of carbonyl (C=O) groups excluding carboxylic acids is 1. The van der Waals surface area contributed by atoms with Crippen LogP contribution in [0.5, 0.6) is 0 Å². The highest BCUT2D eigenvalue weighted by molar-refractivity contribution is 5.85. The Hall–Kier alpha value is -3.03. The van der Waals surface area contributed by atoms with Crippen molar-refractivity contribution in [2.75, 3.05) is 38.6 Å². The minimum atomic E-state index is -0.489. The third-order valence-corrected chi connectivity index (χ3v) is 4.31. The predicted octanol–water partition coefficient (Wildman–Crippen LogP) is 3.27. The fraction of sp³-hybridized carbons (Fsp3) is 0.522. The molecular weight excluding hydrogens is 392 g/mol. The SMILES string of the molecule is CCNC(=NCc1cc(N(C)C)nc2ccccc12)NCCCNC(=O)OC(C)(C)C. The quantitative estimate of drug-likeness (QED) is 0.340. The zero-order valence-electron chi connectivity index (χ0n) is 19.6. The molecule has 0 aliphatic heterocycles. The van der Waals surface area contributed by atoms with Crippen molar-refractivity contribution in [1.82, 2.24) is 20.9 Å². The number of nitrogens with one attached hydrogen (secondary N) is 3. The van der Waals surface area contributed by atoms with Gasteiger partial charge in [0.25, 0.3) is 0 Å². The highest BCUT2D eigenvalue weighted by Crippen LogP contribution is 2.22. The highest BCUT2D eigenvalue weighted by Gasteiger charge is 2.15. The number of aliphatic imine (C=N–C) groups is 1. The molecule has 0 aliphatic rings. The first-order valence-electron chi connectivity index (χ1n) is 10.7. The van der Waals surface area contributed by atoms with Crippen LogP contribution in [-0.4, -0.2) is 56.4 Å². The summed E-state index contributed by atoms with van der Waals surface area (Å²) < 4.78 is 5.24. The van der Waals surface area contributed by atoms with Crippen LogP contribution in [0.3, 0.4) is 0 Å². The molecule has 0 fully saturated rings. The molecule has 0 spiro atoms. The maximum Gasteiger partial charge on any atom is 0.407 e. The average Bonchev–Trinajstić information content (AvgIpc) is 2.69. The molecule has 1 amide bonds. The number of hydrogen-bond acceptors (Lipinski definition) is 5. The molecule has 170 valence electrons. The van der Waals surface area contributed by atoms with E-state index in [2.05, 4.69) is 28.1 Å². The number of nitrogens with zero attached hydrogens (tertiary/aromatic N) is 3. The minimum Gasteiger partial charge on any atom is -0.444 e. The van der Waals surface area contributed by atoms with Gasteiger partial charge < -0.3 is 25.6 Å². The van der Waals surface area contributed by atoms with Gasteiger partial charge in [0.2, 0.25) is 0 Å². The lowest BCUT2D eigenvalue weighted by molar-refractivity contribution is 0.0527. The van der Waals surface area contributed by atoms with Crippen LogP contribution in [0.2, 0.25) is 0 Å². The second-order valence-corrected chi connectivity index (χ2v) is 8.46. The van der Waals surface area contributed by atoms with Crippen molar-refractivity contribution in [3.63, 3.8) is 0 Å². The van der Waals surface area contributed by atoms with E-state index < -0.39 is 11.7 Å². The first kappa shape index (κ1) is 24.2. The molecule has 0 unspecified atom stereocenters. The Bertz CT molecular complexity index is 889. The van der Waals surface area contributed by atoms with Crippen molar-refractivity contribution in [3.05, 3.63) is 35.9 Å². The number of carbonyl (C=O) groups is 1. The van der Waals surface area contributed by atoms with Gasteiger partial charge in [-0.3, -0.25) is 0 Å². The van der Waals surface area contributed by atoms with E-state index in [0.717, 1.165) is 41.2 Å². The summed E-state index contributed by atoms with van der Waals surface area (Å²) in [5.41, 5.74) is 1.60. The summed E-state index contributed by atoms with van der Waals surface area (Å²) in [6, 6.07) is 10.2. The Morgan fingerprint density at radius 2 is 1.84 bits per heavy atom. The summed E-state index contributed by atoms with van der Waals surface area (Å²) >= 11 is 0. The fourth-order valence-electron chi connectivity index (χ4n) is 2.90. The number of pyridine rings is 1. The zero-order chi connectivity index (χ0) is 22.9. The van der Waals surface area contributed by atoms with Crippen LogP contribution in [0.1, 0.15) is 39.7 Å². The van der Waals surface area contributed by atoms with Crippen molar-refractivity contribution < 1.29 is 9.53 Å². The Morgan fingerprint density at radius 3 is 2.52 bits per heavy atom. The van der Waals surface area contributed by atoms with Crippen LogP contribution in [0, 0.1) is 0 Å². The topological polar surface area (TPSA) is 90.9 Å². The lowest BCUT2D eigenvalue weighted by atomic mass is 10.1. The number of para-hydroxylation sites is 1. The van der Waals surface area contributed by atoms with E-state index in [1.165, 1.54) is 0 Å². The predicted molar refractivity (Wildman–Crippen MR) is 128 cm³/mol. The van der Waals surface area contributed by atoms with Crippen molar-refractivity contribution in [3.8, 4) is 0 Å². The minimum absolute atomic E-state index is 0.394. The molecule has 0 radical (unpaired) electrons. The Morgan fingerprint density at radius 1 is 1.13 bits per heavy atom. The van der Waals surface area contributed by atoms with Gasteiger partial charge in [-0.2, -0.15) is 0 Å². The summed E-state index contributed by atoms with van der Waals surface area (Å²) in [7, 11) is 3.97. The number of amides is 1. The molecule has 0 atom stereocenters. The molecule has 1 aromatic heterocycles. The van der Waals surface area contributed by atoms with E-state index in [9.17, 15) is 4.79 Å². The molecule has 2 aromatic rings. The number of hydrogen-bond donors (Lipinski definition) is 3. The standard InChI is InChI=1S/C23H36N6O2/c1-7-24-21(25-13-10-14-26-22(30)31-23(2,3)4)27-16-17-15-20(29(5)6)28-19-12-9-8-11-18(17)19/h8-9,11-12,15H,7,10,13-14,16H2,1-6H3,(H,26,30)(H2,24,25,27). The van der Waals surface area contributed by atoms with E-state index in [1.807, 2.05) is 64.9 Å². The second-order valence-electron chi connectivity index (χ2n) is 8.46. The van der Waals surface area contributed by atoms with Gasteiger partial charge in [0.05, 0.1) is 12.1 Å². The second kappa shape index (κ2) is 11.4. The summed E-state index contributed by atoms with van der Waals surface area (Å²) in [4.78, 5) is 23.2. The maximum absolute atomic E-state index is 11.7. The zero-order valence-corrected chi connectivity index (χ0v) is 19.6. The van der Waals surface area contributed by atoms with E-state index in [-0.39, 0.29) is 0 Å². The number of alkyl carbamates (subject to hydrolysis) is 1. The van der Waals surface area contributed by atoms with Crippen LogP contribution in [0.15, 0.2) is 35.3 Å². The highest BCUT2D eigenvalue weighted by atomic mass is 16.6. The van der Waals surface area contributed by atoms with E-state index in [0.29, 0.717) is 19.6 Å². The van der Waals surface area contributed by atoms with Crippen molar-refractivity contribution in [2.24, 2.45) is 4.99 Å². The first-order chi connectivity index (χ1) is 14.7. The van der Waals surface area contributed by atoms with Crippen molar-refractivity contribution in [2.45, 2.75) is 46.3 Å². The third kappa shape index (κ3) is 8.32. The number of aromatic nitrogens is 1. The van der Waals surface area contributed by atoms with Gasteiger partial charge in [-0.25, -0.2) is 14.8 Å². The van der Waals surface area contributed by atoms with Crippen molar-refractivity contribution >= 4 is 28.8 Å². The van der Waals surface area contributed by atoms with Gasteiger partial charge in [0, 0.05) is 39.1 Å². The average molecular weight is 429 g/mol. The van der Waals surface area contributed by atoms with Crippen molar-refractivity contribution in [1.29, 1.82) is 0 Å². The summed E-state index contributed by atoms with van der Waals surface area (Å²) in [6.07, 6.45) is 0.362. The molecular formula is C23H36N6O2. The lowest BCUT2D eigenvalue weighted by Gasteiger charge is -2.19. The monoisotopic (exact) mass is 428 g/mol. The van der Waals surface area contributed by atoms with Crippen LogP contribution in [-0.2, 0) is 11.3 Å². The van der Waals surface area contributed by atoms with Crippen LogP contribution >= 0.6 is 0 Å². The molecule has 1 heterocycles. The number of guanidine groups is 1. The lowest BCUT2D eigenvalue weighted by Crippen LogP contribution is -2.39. The van der Waals surface area contributed by atoms with E-state index in [4.69, 9.17) is 14.7 Å². The summed E-state index contributed by atoms with van der Waals surface area (Å²) in [6.45, 7) is 10.1. The first-order valence-corrected chi connectivity index (χ1v) is 10.7. The largest absolute Gasteiger partial charge is 0.444 e. The maximum atomic E-state index is 11.7. The molecule has 0 bridgehead atoms. The van der Waals surface area contributed by atoms with E-state index >= 15 is 0 Å². The van der Waals surface area contributed by atoms with Crippen LogP contribution < -0.4 is 20.9 Å². The molecule has 3 N–H and O–H groups in total. The third-order valence-electron chi connectivity index (χ3n) is 4.31. The van der Waals surface area contributed by atoms with E-state index in [1.54, 1.807) is 0 Å². The Labute approximate surface area is 185 Å². The van der Waals surface area contributed by atoms with Crippen LogP contribution in [0.25, 0.3) is 10.9 Å². The van der Waals surface area contributed by atoms with Gasteiger partial charge in [-0.15, -0.1) is 0 Å². The molecule has 1 aromatic carbocycles. The smallest absolute Gasteiger partial charge is 0.407 e. The molecule has 0 aliphatic carbocycles.